The molecule has 5 nitrogen and oxygen atoms in total. The second-order valence-corrected chi connectivity index (χ2v) is 11.0. The number of rotatable bonds is 7. The SMILES string of the molecule is O=C(c1ccc(CN(Cc2cccc(C(F)(F)F)c2)C2CCCCC2)o1)N1CCN(c2cccc(C(F)(F)F)c2)CC1. The molecule has 1 aliphatic carbocycles. The Hall–Kier alpha value is -3.47. The summed E-state index contributed by atoms with van der Waals surface area (Å²) in [7, 11) is 0. The number of hydrogen-bond donors (Lipinski definition) is 0. The Labute approximate surface area is 240 Å². The average molecular weight is 594 g/mol. The van der Waals surface area contributed by atoms with E-state index >= 15 is 0 Å². The molecule has 2 heterocycles. The third kappa shape index (κ3) is 7.29. The van der Waals surface area contributed by atoms with Crippen LogP contribution in [0.2, 0.25) is 0 Å². The van der Waals surface area contributed by atoms with Gasteiger partial charge in [0.2, 0.25) is 0 Å². The highest BCUT2D eigenvalue weighted by molar-refractivity contribution is 5.91. The number of halogens is 6. The van der Waals surface area contributed by atoms with E-state index in [1.165, 1.54) is 18.2 Å². The van der Waals surface area contributed by atoms with E-state index in [0.29, 0.717) is 56.3 Å². The number of hydrogen-bond acceptors (Lipinski definition) is 4. The smallest absolute Gasteiger partial charge is 0.416 e. The Kier molecular flexibility index (Phi) is 8.86. The monoisotopic (exact) mass is 593 g/mol. The van der Waals surface area contributed by atoms with Gasteiger partial charge < -0.3 is 14.2 Å². The average Bonchev–Trinajstić information content (AvgIpc) is 3.45. The largest absolute Gasteiger partial charge is 0.455 e. The maximum absolute atomic E-state index is 13.3. The van der Waals surface area contributed by atoms with Gasteiger partial charge in [0, 0.05) is 44.5 Å². The molecule has 2 aromatic carbocycles. The van der Waals surface area contributed by atoms with Gasteiger partial charge in [-0.25, -0.2) is 0 Å². The Bertz CT molecular complexity index is 1350. The lowest BCUT2D eigenvalue weighted by Crippen LogP contribution is -2.48. The molecule has 0 radical (unpaired) electrons. The molecule has 1 aliphatic heterocycles. The summed E-state index contributed by atoms with van der Waals surface area (Å²) in [6, 6.07) is 14.1. The molecule has 1 saturated carbocycles. The van der Waals surface area contributed by atoms with E-state index in [0.717, 1.165) is 50.3 Å². The van der Waals surface area contributed by atoms with Crippen molar-refractivity contribution in [3.05, 3.63) is 88.9 Å². The normalized spacial score (nSPS) is 17.2. The number of nitrogens with zero attached hydrogens (tertiary/aromatic N) is 3. The Morgan fingerprint density at radius 3 is 2.10 bits per heavy atom. The van der Waals surface area contributed by atoms with E-state index in [4.69, 9.17) is 4.42 Å². The van der Waals surface area contributed by atoms with Crippen LogP contribution in [0, 0.1) is 0 Å². The van der Waals surface area contributed by atoms with Gasteiger partial charge in [0.1, 0.15) is 5.76 Å². The van der Waals surface area contributed by atoms with Crippen LogP contribution in [-0.4, -0.2) is 47.9 Å². The molecule has 42 heavy (non-hydrogen) atoms. The van der Waals surface area contributed by atoms with Gasteiger partial charge in [-0.3, -0.25) is 9.69 Å². The van der Waals surface area contributed by atoms with Crippen LogP contribution in [-0.2, 0) is 25.4 Å². The first-order chi connectivity index (χ1) is 20.0. The summed E-state index contributed by atoms with van der Waals surface area (Å²) in [5, 5.41) is 0. The molecule has 3 aromatic rings. The molecule has 0 bridgehead atoms. The lowest BCUT2D eigenvalue weighted by molar-refractivity contribution is -0.138. The van der Waals surface area contributed by atoms with Crippen molar-refractivity contribution in [2.24, 2.45) is 0 Å². The lowest BCUT2D eigenvalue weighted by atomic mass is 9.93. The van der Waals surface area contributed by atoms with E-state index in [1.807, 2.05) is 4.90 Å². The quantitative estimate of drug-likeness (QED) is 0.265. The lowest BCUT2D eigenvalue weighted by Gasteiger charge is -2.36. The van der Waals surface area contributed by atoms with Crippen molar-refractivity contribution in [1.29, 1.82) is 0 Å². The zero-order valence-corrected chi connectivity index (χ0v) is 23.1. The summed E-state index contributed by atoms with van der Waals surface area (Å²) in [4.78, 5) is 18.8. The molecule has 0 unspecified atom stereocenters. The van der Waals surface area contributed by atoms with Crippen molar-refractivity contribution in [1.82, 2.24) is 9.80 Å². The summed E-state index contributed by atoms with van der Waals surface area (Å²) in [5.41, 5.74) is -0.364. The standard InChI is InChI=1S/C31H33F6N3O2/c32-30(33,34)23-7-4-6-22(18-23)20-40(25-9-2-1-3-10-25)21-27-12-13-28(42-27)29(41)39-16-14-38(15-17-39)26-11-5-8-24(19-26)31(35,36)37/h4-8,11-13,18-19,25H,1-3,9-10,14-17,20-21H2. The number of benzene rings is 2. The number of carbonyl (C=O) groups is 1. The number of carbonyl (C=O) groups excluding carboxylic acids is 1. The van der Waals surface area contributed by atoms with Gasteiger partial charge in [-0.1, -0.05) is 43.5 Å². The highest BCUT2D eigenvalue weighted by atomic mass is 19.4. The molecule has 1 amide bonds. The summed E-state index contributed by atoms with van der Waals surface area (Å²) >= 11 is 0. The van der Waals surface area contributed by atoms with Crippen LogP contribution in [0.4, 0.5) is 32.0 Å². The minimum atomic E-state index is -4.43. The zero-order valence-electron chi connectivity index (χ0n) is 23.1. The summed E-state index contributed by atoms with van der Waals surface area (Å²) < 4.78 is 85.2. The van der Waals surface area contributed by atoms with Gasteiger partial charge in [-0.05, 0) is 54.8 Å². The fourth-order valence-electron chi connectivity index (χ4n) is 5.82. The summed E-state index contributed by atoms with van der Waals surface area (Å²) in [6.45, 7) is 2.11. The molecule has 2 aliphatic rings. The van der Waals surface area contributed by atoms with Crippen molar-refractivity contribution in [3.63, 3.8) is 0 Å². The number of amides is 1. The van der Waals surface area contributed by atoms with Crippen LogP contribution in [0.3, 0.4) is 0 Å². The third-order valence-electron chi connectivity index (χ3n) is 8.07. The highest BCUT2D eigenvalue weighted by Gasteiger charge is 2.33. The van der Waals surface area contributed by atoms with E-state index in [-0.39, 0.29) is 17.7 Å². The van der Waals surface area contributed by atoms with Crippen LogP contribution in [0.15, 0.2) is 65.1 Å². The molecule has 0 spiro atoms. The molecule has 1 saturated heterocycles. The molecule has 226 valence electrons. The molecule has 0 N–H and O–H groups in total. The maximum Gasteiger partial charge on any atom is 0.416 e. The van der Waals surface area contributed by atoms with Crippen LogP contribution < -0.4 is 4.90 Å². The molecule has 5 rings (SSSR count). The van der Waals surface area contributed by atoms with Crippen molar-refractivity contribution in [2.45, 2.75) is 63.6 Å². The van der Waals surface area contributed by atoms with E-state index in [2.05, 4.69) is 4.90 Å². The van der Waals surface area contributed by atoms with Crippen molar-refractivity contribution >= 4 is 11.6 Å². The molecular weight excluding hydrogens is 560 g/mol. The first kappa shape index (κ1) is 30.0. The van der Waals surface area contributed by atoms with Crippen molar-refractivity contribution in [3.8, 4) is 0 Å². The topological polar surface area (TPSA) is 39.9 Å². The minimum Gasteiger partial charge on any atom is -0.455 e. The second kappa shape index (κ2) is 12.4. The van der Waals surface area contributed by atoms with Crippen LogP contribution in [0.5, 0.6) is 0 Å². The fourth-order valence-corrected chi connectivity index (χ4v) is 5.82. The highest BCUT2D eigenvalue weighted by Crippen LogP contribution is 2.33. The van der Waals surface area contributed by atoms with E-state index in [9.17, 15) is 31.1 Å². The number of alkyl halides is 6. The fraction of sp³-hybridized carbons (Fsp3) is 0.452. The first-order valence-electron chi connectivity index (χ1n) is 14.2. The number of piperazine rings is 1. The van der Waals surface area contributed by atoms with Gasteiger partial charge in [0.15, 0.2) is 5.76 Å². The van der Waals surface area contributed by atoms with Crippen LogP contribution >= 0.6 is 0 Å². The van der Waals surface area contributed by atoms with E-state index < -0.39 is 23.5 Å². The van der Waals surface area contributed by atoms with Gasteiger partial charge in [-0.15, -0.1) is 0 Å². The van der Waals surface area contributed by atoms with Crippen molar-refractivity contribution in [2.75, 3.05) is 31.1 Å². The van der Waals surface area contributed by atoms with Crippen LogP contribution in [0.1, 0.15) is 65.1 Å². The minimum absolute atomic E-state index is 0.167. The van der Waals surface area contributed by atoms with Gasteiger partial charge >= 0.3 is 12.4 Å². The summed E-state index contributed by atoms with van der Waals surface area (Å²) in [5.74, 6) is 0.422. The third-order valence-corrected chi connectivity index (χ3v) is 8.07. The van der Waals surface area contributed by atoms with Crippen LogP contribution in [0.25, 0.3) is 0 Å². The molecule has 11 heteroatoms. The Morgan fingerprint density at radius 1 is 0.786 bits per heavy atom. The predicted octanol–water partition coefficient (Wildman–Crippen LogP) is 7.61. The maximum atomic E-state index is 13.3. The number of furan rings is 1. The molecule has 2 fully saturated rings. The Morgan fingerprint density at radius 2 is 1.43 bits per heavy atom. The second-order valence-electron chi connectivity index (χ2n) is 11.0. The number of anilines is 1. The molecule has 1 aromatic heterocycles. The van der Waals surface area contributed by atoms with Gasteiger partial charge in [0.25, 0.3) is 5.91 Å². The van der Waals surface area contributed by atoms with Crippen molar-refractivity contribution < 1.29 is 35.6 Å². The van der Waals surface area contributed by atoms with Gasteiger partial charge in [0.05, 0.1) is 17.7 Å². The molecule has 0 atom stereocenters. The summed E-state index contributed by atoms with van der Waals surface area (Å²) in [6.07, 6.45) is -3.71. The van der Waals surface area contributed by atoms with E-state index in [1.54, 1.807) is 29.2 Å². The molecular formula is C31H33F6N3O2. The van der Waals surface area contributed by atoms with Gasteiger partial charge in [-0.2, -0.15) is 26.3 Å². The Balaban J connectivity index is 1.23. The zero-order chi connectivity index (χ0) is 29.9. The first-order valence-corrected chi connectivity index (χ1v) is 14.2. The predicted molar refractivity (Wildman–Crippen MR) is 146 cm³/mol.